The van der Waals surface area contributed by atoms with Crippen LogP contribution in [0.25, 0.3) is 16.8 Å². The van der Waals surface area contributed by atoms with E-state index in [2.05, 4.69) is 26.2 Å². The Morgan fingerprint density at radius 1 is 0.900 bits per heavy atom. The summed E-state index contributed by atoms with van der Waals surface area (Å²) in [6, 6.07) is 33.1. The smallest absolute Gasteiger partial charge is 0.325 e. The highest BCUT2D eigenvalue weighted by Gasteiger charge is 2.32. The van der Waals surface area contributed by atoms with Crippen LogP contribution in [0.1, 0.15) is 48.0 Å². The first-order valence-electron chi connectivity index (χ1n) is 16.3. The molecule has 3 atom stereocenters. The molecule has 5 aromatic rings. The number of esters is 1. The van der Waals surface area contributed by atoms with Crippen molar-refractivity contribution < 1.29 is 28.9 Å². The Kier molecular flexibility index (Phi) is 11.8. The van der Waals surface area contributed by atoms with E-state index in [4.69, 9.17) is 14.2 Å². The number of urea groups is 1. The van der Waals surface area contributed by atoms with E-state index < -0.39 is 18.3 Å². The zero-order valence-electron chi connectivity index (χ0n) is 27.5. The molecule has 0 bridgehead atoms. The van der Waals surface area contributed by atoms with Gasteiger partial charge in [-0.15, -0.1) is 5.10 Å². The van der Waals surface area contributed by atoms with Gasteiger partial charge in [0.05, 0.1) is 31.1 Å². The Hall–Kier alpha value is -5.08. The Labute approximate surface area is 294 Å². The third kappa shape index (κ3) is 9.12. The van der Waals surface area contributed by atoms with Crippen LogP contribution in [-0.2, 0) is 32.2 Å². The van der Waals surface area contributed by atoms with Gasteiger partial charge in [-0.2, -0.15) is 4.68 Å². The highest BCUT2D eigenvalue weighted by molar-refractivity contribution is 7.99. The molecule has 0 saturated carbocycles. The Bertz CT molecular complexity index is 1850. The number of hydrogen-bond acceptors (Lipinski definition) is 10. The average Bonchev–Trinajstić information content (AvgIpc) is 3.65. The highest BCUT2D eigenvalue weighted by atomic mass is 32.2. The molecule has 50 heavy (non-hydrogen) atoms. The van der Waals surface area contributed by atoms with Gasteiger partial charge in [-0.1, -0.05) is 96.7 Å². The number of aliphatic hydroxyl groups is 1. The molecular weight excluding hydrogens is 657 g/mol. The van der Waals surface area contributed by atoms with Gasteiger partial charge in [0, 0.05) is 24.3 Å². The molecule has 258 valence electrons. The predicted molar refractivity (Wildman–Crippen MR) is 187 cm³/mol. The third-order valence-corrected chi connectivity index (χ3v) is 9.10. The number of para-hydroxylation sites is 1. The second-order valence-electron chi connectivity index (χ2n) is 11.5. The number of amides is 2. The summed E-state index contributed by atoms with van der Waals surface area (Å²) in [4.78, 5) is 23.6. The molecule has 6 rings (SSSR count). The van der Waals surface area contributed by atoms with Crippen LogP contribution >= 0.6 is 11.8 Å². The maximum atomic E-state index is 12.1. The molecule has 13 heteroatoms. The van der Waals surface area contributed by atoms with Crippen LogP contribution < -0.4 is 10.6 Å². The van der Waals surface area contributed by atoms with E-state index in [-0.39, 0.29) is 32.0 Å². The van der Waals surface area contributed by atoms with Crippen LogP contribution in [0.5, 0.6) is 0 Å². The van der Waals surface area contributed by atoms with Gasteiger partial charge in [-0.25, -0.2) is 4.79 Å². The van der Waals surface area contributed by atoms with Crippen LogP contribution in [0.4, 0.5) is 4.79 Å². The first-order valence-corrected chi connectivity index (χ1v) is 17.3. The molecule has 1 aliphatic rings. The zero-order valence-corrected chi connectivity index (χ0v) is 28.3. The molecule has 1 aromatic heterocycles. The number of tetrazole rings is 1. The summed E-state index contributed by atoms with van der Waals surface area (Å²) in [6.45, 7) is 2.06. The monoisotopic (exact) mass is 694 g/mol. The topological polar surface area (TPSA) is 150 Å². The van der Waals surface area contributed by atoms with Crippen LogP contribution in [0.3, 0.4) is 0 Å². The van der Waals surface area contributed by atoms with Gasteiger partial charge in [0.2, 0.25) is 5.16 Å². The number of benzene rings is 4. The van der Waals surface area contributed by atoms with E-state index in [1.165, 1.54) is 11.8 Å². The summed E-state index contributed by atoms with van der Waals surface area (Å²) in [5.41, 5.74) is 6.50. The number of nitrogens with zero attached hydrogens (tertiary/aromatic N) is 4. The number of rotatable bonds is 13. The number of hydrogen-bond donors (Lipinski definition) is 3. The van der Waals surface area contributed by atoms with E-state index in [0.29, 0.717) is 23.9 Å². The molecular formula is C37H38N6O6S. The lowest BCUT2D eigenvalue weighted by Crippen LogP contribution is -2.38. The first kappa shape index (κ1) is 34.8. The van der Waals surface area contributed by atoms with Crippen molar-refractivity contribution in [2.75, 3.05) is 18.9 Å². The van der Waals surface area contributed by atoms with E-state index >= 15 is 0 Å². The second kappa shape index (κ2) is 17.0. The molecule has 12 nitrogen and oxygen atoms in total. The van der Waals surface area contributed by atoms with E-state index in [9.17, 15) is 14.7 Å². The van der Waals surface area contributed by atoms with Crippen molar-refractivity contribution in [2.24, 2.45) is 0 Å². The number of aromatic nitrogens is 4. The van der Waals surface area contributed by atoms with Crippen molar-refractivity contribution in [3.8, 4) is 16.8 Å². The minimum Gasteiger partial charge on any atom is -0.465 e. The summed E-state index contributed by atoms with van der Waals surface area (Å²) < 4.78 is 19.6. The van der Waals surface area contributed by atoms with Gasteiger partial charge < -0.3 is 30.0 Å². The average molecular weight is 695 g/mol. The molecule has 1 fully saturated rings. The van der Waals surface area contributed by atoms with Gasteiger partial charge in [-0.05, 0) is 63.4 Å². The lowest BCUT2D eigenvalue weighted by Gasteiger charge is -2.36. The number of carbonyl (C=O) groups excluding carboxylic acids is 2. The van der Waals surface area contributed by atoms with Crippen molar-refractivity contribution in [1.29, 1.82) is 0 Å². The number of thioether (sulfide) groups is 1. The standard InChI is InChI=1S/C37H38N6O6S/c1-2-47-34(45)22-39-36(46)38-21-26-7-6-8-30(19-26)27-15-17-29(18-16-27)35-48-32(20-33(49-35)28-13-11-25(23-44)12-14-28)24-50-37-40-41-42-43(37)31-9-4-3-5-10-31/h3-19,32-33,35,44H,2,20-24H2,1H3,(H2,38,39,46)/t32-,33+,35+/m0/s1. The molecule has 2 heterocycles. The Balaban J connectivity index is 1.13. The van der Waals surface area contributed by atoms with E-state index in [1.807, 2.05) is 103 Å². The quantitative estimate of drug-likeness (QED) is 0.106. The highest BCUT2D eigenvalue weighted by Crippen LogP contribution is 2.40. The largest absolute Gasteiger partial charge is 0.465 e. The normalized spacial score (nSPS) is 17.2. The molecule has 0 spiro atoms. The lowest BCUT2D eigenvalue weighted by molar-refractivity contribution is -0.245. The van der Waals surface area contributed by atoms with Crippen molar-refractivity contribution in [1.82, 2.24) is 30.8 Å². The maximum absolute atomic E-state index is 12.1. The van der Waals surface area contributed by atoms with Crippen LogP contribution in [0.15, 0.2) is 108 Å². The van der Waals surface area contributed by atoms with Gasteiger partial charge in [-0.3, -0.25) is 4.79 Å². The van der Waals surface area contributed by atoms with Crippen molar-refractivity contribution in [3.63, 3.8) is 0 Å². The molecule has 1 aliphatic heterocycles. The van der Waals surface area contributed by atoms with Crippen molar-refractivity contribution in [3.05, 3.63) is 125 Å². The summed E-state index contributed by atoms with van der Waals surface area (Å²) in [6.07, 6.45) is -0.370. The van der Waals surface area contributed by atoms with Crippen LogP contribution in [0.2, 0.25) is 0 Å². The van der Waals surface area contributed by atoms with Gasteiger partial charge in [0.1, 0.15) is 6.54 Å². The molecule has 1 saturated heterocycles. The van der Waals surface area contributed by atoms with Crippen molar-refractivity contribution >= 4 is 23.8 Å². The van der Waals surface area contributed by atoms with E-state index in [1.54, 1.807) is 11.6 Å². The fraction of sp³-hybridized carbons (Fsp3) is 0.270. The number of aliphatic hydroxyl groups excluding tert-OH is 1. The SMILES string of the molecule is CCOC(=O)CNC(=O)NCc1cccc(-c2ccc([C@@H]3O[C@H](CSc4nnnn4-c4ccccc4)C[C@H](c4ccc(CO)cc4)O3)cc2)c1. The second-order valence-corrected chi connectivity index (χ2v) is 12.5. The fourth-order valence-electron chi connectivity index (χ4n) is 5.49. The minimum atomic E-state index is -0.611. The molecule has 2 amide bonds. The minimum absolute atomic E-state index is 0.0227. The van der Waals surface area contributed by atoms with E-state index in [0.717, 1.165) is 39.1 Å². The molecule has 0 unspecified atom stereocenters. The zero-order chi connectivity index (χ0) is 34.7. The number of carbonyl (C=O) groups is 2. The summed E-state index contributed by atoms with van der Waals surface area (Å²) in [5.74, 6) is 0.124. The number of nitrogens with one attached hydrogen (secondary N) is 2. The number of ether oxygens (including phenoxy) is 3. The van der Waals surface area contributed by atoms with Crippen LogP contribution in [-0.4, -0.2) is 62.3 Å². The maximum Gasteiger partial charge on any atom is 0.325 e. The van der Waals surface area contributed by atoms with Gasteiger partial charge >= 0.3 is 12.0 Å². The molecule has 0 aliphatic carbocycles. The van der Waals surface area contributed by atoms with Crippen molar-refractivity contribution in [2.45, 2.75) is 50.2 Å². The molecule has 3 N–H and O–H groups in total. The summed E-state index contributed by atoms with van der Waals surface area (Å²) in [5, 5.41) is 27.8. The Morgan fingerprint density at radius 2 is 1.68 bits per heavy atom. The van der Waals surface area contributed by atoms with Gasteiger partial charge in [0.15, 0.2) is 6.29 Å². The summed E-state index contributed by atoms with van der Waals surface area (Å²) >= 11 is 1.53. The summed E-state index contributed by atoms with van der Waals surface area (Å²) in [7, 11) is 0. The Morgan fingerprint density at radius 3 is 2.44 bits per heavy atom. The third-order valence-electron chi connectivity index (χ3n) is 8.05. The fourth-order valence-corrected chi connectivity index (χ4v) is 6.40. The molecule has 0 radical (unpaired) electrons. The lowest BCUT2D eigenvalue weighted by atomic mass is 9.99. The molecule has 4 aromatic carbocycles. The van der Waals surface area contributed by atoms with Gasteiger partial charge in [0.25, 0.3) is 0 Å². The first-order chi connectivity index (χ1) is 24.5. The predicted octanol–water partition coefficient (Wildman–Crippen LogP) is 5.52. The van der Waals surface area contributed by atoms with Crippen LogP contribution in [0, 0.1) is 0 Å².